The standard InChI is InChI=1S/C16H26N4O2/c1-2-4-14-18-15(22-19-14)11-20-8-3-5-13(10-20)16(21)17-9-12-6-7-12/h12-13H,2-11H2,1H3,(H,17,21). The van der Waals surface area contributed by atoms with E-state index in [2.05, 4.69) is 27.3 Å². The van der Waals surface area contributed by atoms with Crippen LogP contribution in [-0.4, -0.2) is 40.6 Å². The highest BCUT2D eigenvalue weighted by atomic mass is 16.5. The van der Waals surface area contributed by atoms with E-state index in [0.717, 1.165) is 57.1 Å². The summed E-state index contributed by atoms with van der Waals surface area (Å²) >= 11 is 0. The van der Waals surface area contributed by atoms with Crippen molar-refractivity contribution in [1.82, 2.24) is 20.4 Å². The van der Waals surface area contributed by atoms with Crippen LogP contribution < -0.4 is 5.32 Å². The molecule has 1 saturated carbocycles. The van der Waals surface area contributed by atoms with Gasteiger partial charge in [0.15, 0.2) is 5.82 Å². The Balaban J connectivity index is 1.47. The Bertz CT molecular complexity index is 498. The predicted molar refractivity (Wildman–Crippen MR) is 82.0 cm³/mol. The average Bonchev–Trinajstić information content (AvgIpc) is 3.26. The molecule has 1 aromatic heterocycles. The molecule has 1 saturated heterocycles. The molecule has 6 heteroatoms. The summed E-state index contributed by atoms with van der Waals surface area (Å²) in [5.41, 5.74) is 0. The lowest BCUT2D eigenvalue weighted by atomic mass is 9.97. The molecular formula is C16H26N4O2. The van der Waals surface area contributed by atoms with Crippen molar-refractivity contribution in [2.24, 2.45) is 11.8 Å². The van der Waals surface area contributed by atoms with E-state index in [-0.39, 0.29) is 11.8 Å². The molecule has 122 valence electrons. The second kappa shape index (κ2) is 7.22. The number of rotatable bonds is 7. The van der Waals surface area contributed by atoms with Crippen LogP contribution >= 0.6 is 0 Å². The Morgan fingerprint density at radius 1 is 1.41 bits per heavy atom. The van der Waals surface area contributed by atoms with Crippen molar-refractivity contribution in [2.75, 3.05) is 19.6 Å². The summed E-state index contributed by atoms with van der Waals surface area (Å²) in [6.45, 7) is 5.41. The molecule has 1 unspecified atom stereocenters. The highest BCUT2D eigenvalue weighted by Gasteiger charge is 2.28. The lowest BCUT2D eigenvalue weighted by Gasteiger charge is -2.30. The number of piperidine rings is 1. The number of carbonyl (C=O) groups is 1. The Kier molecular flexibility index (Phi) is 5.08. The smallest absolute Gasteiger partial charge is 0.240 e. The first-order valence-electron chi connectivity index (χ1n) is 8.56. The number of nitrogens with zero attached hydrogens (tertiary/aromatic N) is 3. The second-order valence-electron chi connectivity index (χ2n) is 6.62. The zero-order chi connectivity index (χ0) is 15.4. The summed E-state index contributed by atoms with van der Waals surface area (Å²) in [6.07, 6.45) is 6.46. The number of likely N-dealkylation sites (tertiary alicyclic amines) is 1. The zero-order valence-electron chi connectivity index (χ0n) is 13.4. The first-order valence-corrected chi connectivity index (χ1v) is 8.56. The van der Waals surface area contributed by atoms with Gasteiger partial charge in [-0.2, -0.15) is 4.98 Å². The van der Waals surface area contributed by atoms with E-state index in [1.165, 1.54) is 12.8 Å². The number of aromatic nitrogens is 2. The summed E-state index contributed by atoms with van der Waals surface area (Å²) < 4.78 is 5.30. The maximum atomic E-state index is 12.2. The lowest BCUT2D eigenvalue weighted by Crippen LogP contribution is -2.43. The Labute approximate surface area is 131 Å². The van der Waals surface area contributed by atoms with Crippen LogP contribution in [-0.2, 0) is 17.8 Å². The number of hydrogen-bond donors (Lipinski definition) is 1. The molecule has 6 nitrogen and oxygen atoms in total. The molecule has 3 rings (SSSR count). The van der Waals surface area contributed by atoms with Crippen molar-refractivity contribution >= 4 is 5.91 Å². The van der Waals surface area contributed by atoms with Crippen molar-refractivity contribution in [3.8, 4) is 0 Å². The third-order valence-electron chi connectivity index (χ3n) is 4.48. The van der Waals surface area contributed by atoms with Crippen molar-refractivity contribution in [1.29, 1.82) is 0 Å². The van der Waals surface area contributed by atoms with Gasteiger partial charge in [-0.1, -0.05) is 12.1 Å². The van der Waals surface area contributed by atoms with Gasteiger partial charge in [0.2, 0.25) is 11.8 Å². The fourth-order valence-electron chi connectivity index (χ4n) is 3.00. The van der Waals surface area contributed by atoms with Gasteiger partial charge >= 0.3 is 0 Å². The van der Waals surface area contributed by atoms with Crippen LogP contribution in [0.15, 0.2) is 4.52 Å². The molecule has 22 heavy (non-hydrogen) atoms. The third-order valence-corrected chi connectivity index (χ3v) is 4.48. The number of amides is 1. The minimum Gasteiger partial charge on any atom is -0.356 e. The van der Waals surface area contributed by atoms with Gasteiger partial charge in [-0.05, 0) is 44.6 Å². The molecule has 0 radical (unpaired) electrons. The molecule has 1 N–H and O–H groups in total. The largest absolute Gasteiger partial charge is 0.356 e. The van der Waals surface area contributed by atoms with Crippen LogP contribution in [0.2, 0.25) is 0 Å². The molecule has 2 aliphatic rings. The summed E-state index contributed by atoms with van der Waals surface area (Å²) in [6, 6.07) is 0. The molecule has 0 bridgehead atoms. The number of carbonyl (C=O) groups excluding carboxylic acids is 1. The zero-order valence-corrected chi connectivity index (χ0v) is 13.4. The molecule has 1 aliphatic carbocycles. The predicted octanol–water partition coefficient (Wildman–Crippen LogP) is 1.76. The Morgan fingerprint density at radius 3 is 3.05 bits per heavy atom. The lowest BCUT2D eigenvalue weighted by molar-refractivity contribution is -0.126. The van der Waals surface area contributed by atoms with Gasteiger partial charge in [0.25, 0.3) is 0 Å². The molecule has 0 spiro atoms. The summed E-state index contributed by atoms with van der Waals surface area (Å²) in [5, 5.41) is 7.09. The Morgan fingerprint density at radius 2 is 2.27 bits per heavy atom. The first-order chi connectivity index (χ1) is 10.7. The highest BCUT2D eigenvalue weighted by Crippen LogP contribution is 2.28. The average molecular weight is 306 g/mol. The van der Waals surface area contributed by atoms with E-state index in [9.17, 15) is 4.79 Å². The highest BCUT2D eigenvalue weighted by molar-refractivity contribution is 5.79. The van der Waals surface area contributed by atoms with Crippen LogP contribution in [0.25, 0.3) is 0 Å². The fraction of sp³-hybridized carbons (Fsp3) is 0.812. The van der Waals surface area contributed by atoms with Crippen LogP contribution in [0.4, 0.5) is 0 Å². The first kappa shape index (κ1) is 15.5. The van der Waals surface area contributed by atoms with Crippen molar-refractivity contribution in [3.63, 3.8) is 0 Å². The van der Waals surface area contributed by atoms with Gasteiger partial charge < -0.3 is 9.84 Å². The normalized spacial score (nSPS) is 22.7. The minimum atomic E-state index is 0.102. The van der Waals surface area contributed by atoms with E-state index in [1.54, 1.807) is 0 Å². The SMILES string of the molecule is CCCc1noc(CN2CCCC(C(=O)NCC3CC3)C2)n1. The Hall–Kier alpha value is -1.43. The van der Waals surface area contributed by atoms with Gasteiger partial charge in [0.1, 0.15) is 0 Å². The number of hydrogen-bond acceptors (Lipinski definition) is 5. The maximum absolute atomic E-state index is 12.2. The van der Waals surface area contributed by atoms with Crippen molar-refractivity contribution < 1.29 is 9.32 Å². The van der Waals surface area contributed by atoms with E-state index in [1.807, 2.05) is 0 Å². The molecule has 2 fully saturated rings. The van der Waals surface area contributed by atoms with Crippen molar-refractivity contribution in [3.05, 3.63) is 11.7 Å². The monoisotopic (exact) mass is 306 g/mol. The van der Waals surface area contributed by atoms with Gasteiger partial charge in [0, 0.05) is 19.5 Å². The van der Waals surface area contributed by atoms with Crippen molar-refractivity contribution in [2.45, 2.75) is 52.0 Å². The molecule has 2 heterocycles. The number of aryl methyl sites for hydroxylation is 1. The van der Waals surface area contributed by atoms with Gasteiger partial charge in [-0.15, -0.1) is 0 Å². The molecule has 1 atom stereocenters. The van der Waals surface area contributed by atoms with E-state index in [0.29, 0.717) is 12.4 Å². The van der Waals surface area contributed by atoms with E-state index in [4.69, 9.17) is 4.52 Å². The number of nitrogens with one attached hydrogen (secondary N) is 1. The third kappa shape index (κ3) is 4.29. The summed E-state index contributed by atoms with van der Waals surface area (Å²) in [5.74, 6) is 2.51. The topological polar surface area (TPSA) is 71.3 Å². The molecule has 0 aromatic carbocycles. The van der Waals surface area contributed by atoms with Crippen LogP contribution in [0.1, 0.15) is 50.7 Å². The van der Waals surface area contributed by atoms with Crippen LogP contribution in [0.5, 0.6) is 0 Å². The maximum Gasteiger partial charge on any atom is 0.240 e. The molecule has 1 aromatic rings. The van der Waals surface area contributed by atoms with E-state index < -0.39 is 0 Å². The summed E-state index contributed by atoms with van der Waals surface area (Å²) in [4.78, 5) is 18.9. The van der Waals surface area contributed by atoms with Gasteiger partial charge in [0.05, 0.1) is 12.5 Å². The molecule has 1 amide bonds. The minimum absolute atomic E-state index is 0.102. The summed E-state index contributed by atoms with van der Waals surface area (Å²) in [7, 11) is 0. The van der Waals surface area contributed by atoms with Crippen LogP contribution in [0.3, 0.4) is 0 Å². The quantitative estimate of drug-likeness (QED) is 0.831. The van der Waals surface area contributed by atoms with Gasteiger partial charge in [-0.25, -0.2) is 0 Å². The van der Waals surface area contributed by atoms with Crippen LogP contribution in [0, 0.1) is 11.8 Å². The molecule has 1 aliphatic heterocycles. The fourth-order valence-corrected chi connectivity index (χ4v) is 3.00. The second-order valence-corrected chi connectivity index (χ2v) is 6.62. The van der Waals surface area contributed by atoms with E-state index >= 15 is 0 Å². The van der Waals surface area contributed by atoms with Gasteiger partial charge in [-0.3, -0.25) is 9.69 Å². The molecular weight excluding hydrogens is 280 g/mol.